The van der Waals surface area contributed by atoms with Gasteiger partial charge in [0.1, 0.15) is 6.54 Å². The molecule has 2 amide bonds. The zero-order valence-corrected chi connectivity index (χ0v) is 18.8. The molecular formula is C23H28FN5O3. The summed E-state index contributed by atoms with van der Waals surface area (Å²) in [6.07, 6.45) is 1.64. The van der Waals surface area contributed by atoms with Gasteiger partial charge in [0.25, 0.3) is 5.91 Å². The molecule has 3 atom stereocenters. The normalized spacial score (nSPS) is 21.5. The molecule has 32 heavy (non-hydrogen) atoms. The minimum Gasteiger partial charge on any atom is -0.364 e. The van der Waals surface area contributed by atoms with Crippen molar-refractivity contribution in [1.82, 2.24) is 19.7 Å². The molecule has 1 saturated heterocycles. The van der Waals surface area contributed by atoms with Crippen LogP contribution in [-0.4, -0.2) is 49.3 Å². The van der Waals surface area contributed by atoms with Crippen LogP contribution in [0.5, 0.6) is 0 Å². The van der Waals surface area contributed by atoms with Gasteiger partial charge in [-0.1, -0.05) is 0 Å². The minimum absolute atomic E-state index is 0.0450. The number of allylic oxidation sites excluding steroid dienone is 2. The summed E-state index contributed by atoms with van der Waals surface area (Å²) in [7, 11) is 0. The molecule has 0 bridgehead atoms. The van der Waals surface area contributed by atoms with Crippen molar-refractivity contribution in [3.8, 4) is 0 Å². The van der Waals surface area contributed by atoms with Crippen molar-refractivity contribution in [3.05, 3.63) is 34.5 Å². The van der Waals surface area contributed by atoms with E-state index >= 15 is 0 Å². The van der Waals surface area contributed by atoms with E-state index in [2.05, 4.69) is 10.1 Å². The van der Waals surface area contributed by atoms with Crippen LogP contribution in [0.15, 0.2) is 17.5 Å². The largest absolute Gasteiger partial charge is 0.364 e. The van der Waals surface area contributed by atoms with Crippen LogP contribution < -0.4 is 5.73 Å². The second kappa shape index (κ2) is 8.11. The molecule has 2 aromatic rings. The molecule has 2 aromatic heterocycles. The first kappa shape index (κ1) is 22.1. The smallest absolute Gasteiger partial charge is 0.269 e. The van der Waals surface area contributed by atoms with E-state index in [-0.39, 0.29) is 48.6 Å². The molecule has 4 rings (SSSR count). The number of aryl methyl sites for hydroxylation is 2. The van der Waals surface area contributed by atoms with Crippen LogP contribution in [0.1, 0.15) is 61.4 Å². The number of carbonyl (C=O) groups is 3. The fourth-order valence-electron chi connectivity index (χ4n) is 4.81. The third-order valence-corrected chi connectivity index (χ3v) is 6.44. The van der Waals surface area contributed by atoms with Gasteiger partial charge < -0.3 is 10.6 Å². The topological polar surface area (TPSA) is 111 Å². The second-order valence-corrected chi connectivity index (χ2v) is 9.10. The molecule has 170 valence electrons. The molecule has 0 aromatic carbocycles. The van der Waals surface area contributed by atoms with Gasteiger partial charge in [0.05, 0.1) is 23.1 Å². The number of rotatable bonds is 7. The van der Waals surface area contributed by atoms with Crippen LogP contribution >= 0.6 is 0 Å². The number of hydrogen-bond donors (Lipinski definition) is 1. The number of primary amides is 1. The van der Waals surface area contributed by atoms with Gasteiger partial charge in [-0.15, -0.1) is 0 Å². The van der Waals surface area contributed by atoms with E-state index in [0.717, 1.165) is 12.1 Å². The monoisotopic (exact) mass is 441 g/mol. The number of fused-ring (bicyclic) bond motifs is 2. The summed E-state index contributed by atoms with van der Waals surface area (Å²) >= 11 is 0. The van der Waals surface area contributed by atoms with Gasteiger partial charge in [-0.2, -0.15) is 5.10 Å². The molecule has 2 aliphatic rings. The maximum absolute atomic E-state index is 13.9. The van der Waals surface area contributed by atoms with E-state index in [4.69, 9.17) is 5.73 Å². The van der Waals surface area contributed by atoms with Gasteiger partial charge in [-0.25, -0.2) is 4.39 Å². The molecule has 1 saturated carbocycles. The zero-order chi connectivity index (χ0) is 23.3. The Morgan fingerprint density at radius 3 is 2.56 bits per heavy atom. The standard InChI is InChI=1S/C23H28FN5O3/c1-11(2)16(24)5-6-19(30)18-9-14-8-17(14)29(18)20(31)10-28-22-13(4)26-12(3)7-15(22)21(27-28)23(25)32/h7,14,17-18H,5-6,8-10H2,1-4H3,(H2,25,32)/t14-,17-,18+/m1/s1. The Balaban J connectivity index is 1.58. The van der Waals surface area contributed by atoms with Gasteiger partial charge in [0.15, 0.2) is 11.5 Å². The quantitative estimate of drug-likeness (QED) is 0.710. The number of ketones is 1. The van der Waals surface area contributed by atoms with Gasteiger partial charge >= 0.3 is 0 Å². The Labute approximate surface area is 185 Å². The lowest BCUT2D eigenvalue weighted by molar-refractivity contribution is -0.139. The Kier molecular flexibility index (Phi) is 5.60. The number of Topliss-reactive ketones (excluding diaryl/α,β-unsaturated/α-hetero) is 1. The van der Waals surface area contributed by atoms with E-state index in [1.54, 1.807) is 31.7 Å². The highest BCUT2D eigenvalue weighted by Crippen LogP contribution is 2.48. The molecule has 3 heterocycles. The number of nitrogens with zero attached hydrogens (tertiary/aromatic N) is 4. The van der Waals surface area contributed by atoms with Gasteiger partial charge in [-0.3, -0.25) is 24.0 Å². The Bertz CT molecular complexity index is 1160. The lowest BCUT2D eigenvalue weighted by atomic mass is 10.0. The fraction of sp³-hybridized carbons (Fsp3) is 0.522. The summed E-state index contributed by atoms with van der Waals surface area (Å²) in [6.45, 7) is 6.83. The third kappa shape index (κ3) is 3.91. The first-order chi connectivity index (χ1) is 15.1. The number of carbonyl (C=O) groups excluding carboxylic acids is 3. The van der Waals surface area contributed by atoms with Gasteiger partial charge in [0.2, 0.25) is 5.91 Å². The number of nitrogens with two attached hydrogens (primary N) is 1. The van der Waals surface area contributed by atoms with Crippen LogP contribution in [0, 0.1) is 19.8 Å². The highest BCUT2D eigenvalue weighted by atomic mass is 19.1. The summed E-state index contributed by atoms with van der Waals surface area (Å²) in [5.41, 5.74) is 8.11. The van der Waals surface area contributed by atoms with Crippen LogP contribution in [0.3, 0.4) is 0 Å². The molecule has 9 heteroatoms. The minimum atomic E-state index is -0.677. The summed E-state index contributed by atoms with van der Waals surface area (Å²) in [5.74, 6) is -0.985. The highest BCUT2D eigenvalue weighted by molar-refractivity contribution is 6.05. The number of halogens is 1. The Morgan fingerprint density at radius 1 is 1.19 bits per heavy atom. The van der Waals surface area contributed by atoms with Crippen molar-refractivity contribution >= 4 is 28.5 Å². The first-order valence-electron chi connectivity index (χ1n) is 10.9. The van der Waals surface area contributed by atoms with Crippen molar-refractivity contribution in [2.24, 2.45) is 11.7 Å². The molecule has 2 N–H and O–H groups in total. The van der Waals surface area contributed by atoms with Crippen molar-refractivity contribution < 1.29 is 18.8 Å². The molecule has 1 aliphatic carbocycles. The van der Waals surface area contributed by atoms with Gasteiger partial charge in [-0.05, 0) is 58.1 Å². The molecule has 1 aliphatic heterocycles. The fourth-order valence-corrected chi connectivity index (χ4v) is 4.81. The lowest BCUT2D eigenvalue weighted by Gasteiger charge is -2.27. The van der Waals surface area contributed by atoms with E-state index in [1.807, 2.05) is 6.92 Å². The third-order valence-electron chi connectivity index (χ3n) is 6.44. The SMILES string of the molecule is CC(C)=C(F)CCC(=O)[C@@H]1C[C@H]2C[C@H]2N1C(=O)Cn1nc(C(N)=O)c2cc(C)nc(C)c21. The van der Waals surface area contributed by atoms with Crippen LogP contribution in [0.2, 0.25) is 0 Å². The molecular weight excluding hydrogens is 413 g/mol. The number of aromatic nitrogens is 3. The van der Waals surface area contributed by atoms with Crippen molar-refractivity contribution in [2.75, 3.05) is 0 Å². The number of piperidine rings is 1. The van der Waals surface area contributed by atoms with E-state index in [1.165, 1.54) is 4.68 Å². The molecule has 0 spiro atoms. The van der Waals surface area contributed by atoms with E-state index < -0.39 is 11.9 Å². The van der Waals surface area contributed by atoms with Gasteiger partial charge in [0, 0.05) is 30.0 Å². The molecule has 0 radical (unpaired) electrons. The summed E-state index contributed by atoms with van der Waals surface area (Å²) in [5, 5.41) is 4.86. The zero-order valence-electron chi connectivity index (χ0n) is 18.8. The van der Waals surface area contributed by atoms with E-state index in [9.17, 15) is 18.8 Å². The molecule has 2 fully saturated rings. The van der Waals surface area contributed by atoms with Crippen molar-refractivity contribution in [3.63, 3.8) is 0 Å². The number of pyridine rings is 1. The van der Waals surface area contributed by atoms with Crippen LogP contribution in [0.25, 0.3) is 10.9 Å². The number of likely N-dealkylation sites (tertiary alicyclic amines) is 1. The maximum Gasteiger partial charge on any atom is 0.269 e. The lowest BCUT2D eigenvalue weighted by Crippen LogP contribution is -2.44. The first-order valence-corrected chi connectivity index (χ1v) is 10.9. The molecule has 0 unspecified atom stereocenters. The maximum atomic E-state index is 13.9. The Morgan fingerprint density at radius 2 is 1.91 bits per heavy atom. The average Bonchev–Trinajstić information content (AvgIpc) is 3.21. The average molecular weight is 442 g/mol. The Hall–Kier alpha value is -3.10. The predicted octanol–water partition coefficient (Wildman–Crippen LogP) is 2.75. The molecule has 8 nitrogen and oxygen atoms in total. The summed E-state index contributed by atoms with van der Waals surface area (Å²) in [4.78, 5) is 44.1. The predicted molar refractivity (Wildman–Crippen MR) is 116 cm³/mol. The van der Waals surface area contributed by atoms with E-state index in [0.29, 0.717) is 34.5 Å². The number of amides is 2. The number of hydrogen-bond acceptors (Lipinski definition) is 5. The van der Waals surface area contributed by atoms with Crippen LogP contribution in [0.4, 0.5) is 4.39 Å². The highest BCUT2D eigenvalue weighted by Gasteiger charge is 2.55. The van der Waals surface area contributed by atoms with Crippen LogP contribution in [-0.2, 0) is 16.1 Å². The summed E-state index contributed by atoms with van der Waals surface area (Å²) in [6, 6.07) is 1.24. The van der Waals surface area contributed by atoms with Crippen molar-refractivity contribution in [2.45, 2.75) is 72.0 Å². The second-order valence-electron chi connectivity index (χ2n) is 9.10. The summed E-state index contributed by atoms with van der Waals surface area (Å²) < 4.78 is 15.3. The van der Waals surface area contributed by atoms with Crippen molar-refractivity contribution in [1.29, 1.82) is 0 Å².